The van der Waals surface area contributed by atoms with Crippen LogP contribution in [0.5, 0.6) is 0 Å². The minimum Gasteiger partial charge on any atom is -0.461 e. The fraction of sp³-hybridized carbons (Fsp3) is 0.273. The van der Waals surface area contributed by atoms with Gasteiger partial charge >= 0.3 is 5.97 Å². The zero-order chi connectivity index (χ0) is 21.3. The zero-order valence-corrected chi connectivity index (χ0v) is 17.2. The predicted octanol–water partition coefficient (Wildman–Crippen LogP) is 1.56. The molecule has 3 rings (SSSR count). The first-order valence-electron chi connectivity index (χ1n) is 9.64. The Hall–Kier alpha value is -3.26. The van der Waals surface area contributed by atoms with E-state index in [0.29, 0.717) is 13.1 Å². The molecule has 8 heteroatoms. The molecule has 0 radical (unpaired) electrons. The van der Waals surface area contributed by atoms with Gasteiger partial charge in [-0.1, -0.05) is 60.7 Å². The highest BCUT2D eigenvalue weighted by Gasteiger charge is 2.34. The van der Waals surface area contributed by atoms with Crippen LogP contribution in [0.2, 0.25) is 0 Å². The summed E-state index contributed by atoms with van der Waals surface area (Å²) in [5, 5.41) is 5.53. The highest BCUT2D eigenvalue weighted by atomic mass is 32.1. The van der Waals surface area contributed by atoms with Gasteiger partial charge in [0.15, 0.2) is 5.11 Å². The lowest BCUT2D eigenvalue weighted by atomic mass is 10.1. The van der Waals surface area contributed by atoms with Crippen molar-refractivity contribution in [2.24, 2.45) is 0 Å². The quantitative estimate of drug-likeness (QED) is 0.540. The molecular weight excluding hydrogens is 402 g/mol. The topological polar surface area (TPSA) is 87.7 Å². The van der Waals surface area contributed by atoms with Crippen molar-refractivity contribution < 1.29 is 19.1 Å². The predicted molar refractivity (Wildman–Crippen MR) is 115 cm³/mol. The number of piperazine rings is 1. The number of carbonyl (C=O) groups excluding carboxylic acids is 3. The molecule has 1 atom stereocenters. The third-order valence-electron chi connectivity index (χ3n) is 4.65. The second kappa shape index (κ2) is 10.5. The molecule has 2 N–H and O–H groups in total. The molecule has 1 aliphatic heterocycles. The minimum atomic E-state index is -0.827. The SMILES string of the molecule is O=C(Cc1ccccc1)NC(=S)N1CCNC(=O)C1CC(=O)OCc1ccccc1. The molecule has 2 amide bonds. The number of carbonyl (C=O) groups is 3. The average molecular weight is 426 g/mol. The summed E-state index contributed by atoms with van der Waals surface area (Å²) in [6, 6.07) is 17.8. The molecule has 7 nitrogen and oxygen atoms in total. The first kappa shape index (κ1) is 21.4. The molecule has 2 aromatic rings. The first-order valence-corrected chi connectivity index (χ1v) is 10.1. The van der Waals surface area contributed by atoms with Gasteiger partial charge in [0.2, 0.25) is 11.8 Å². The van der Waals surface area contributed by atoms with Crippen LogP contribution in [-0.2, 0) is 32.1 Å². The van der Waals surface area contributed by atoms with Gasteiger partial charge in [-0.3, -0.25) is 14.4 Å². The molecule has 0 saturated carbocycles. The van der Waals surface area contributed by atoms with E-state index in [0.717, 1.165) is 11.1 Å². The molecule has 1 unspecified atom stereocenters. The maximum Gasteiger partial charge on any atom is 0.308 e. The van der Waals surface area contributed by atoms with Crippen LogP contribution in [0.15, 0.2) is 60.7 Å². The maximum absolute atomic E-state index is 12.4. The van der Waals surface area contributed by atoms with E-state index in [1.807, 2.05) is 60.7 Å². The Morgan fingerprint density at radius 1 is 1.07 bits per heavy atom. The summed E-state index contributed by atoms with van der Waals surface area (Å²) < 4.78 is 5.29. The number of hydrogen-bond donors (Lipinski definition) is 2. The average Bonchev–Trinajstić information content (AvgIpc) is 2.75. The molecular formula is C22H23N3O4S. The number of nitrogens with one attached hydrogen (secondary N) is 2. The van der Waals surface area contributed by atoms with Gasteiger partial charge in [0.05, 0.1) is 12.8 Å². The van der Waals surface area contributed by atoms with Crippen LogP contribution in [0, 0.1) is 0 Å². The Bertz CT molecular complexity index is 905. The highest BCUT2D eigenvalue weighted by molar-refractivity contribution is 7.80. The van der Waals surface area contributed by atoms with Gasteiger partial charge in [-0.2, -0.15) is 0 Å². The Balaban J connectivity index is 1.56. The van der Waals surface area contributed by atoms with Crippen molar-refractivity contribution in [3.63, 3.8) is 0 Å². The fourth-order valence-corrected chi connectivity index (χ4v) is 3.46. The molecule has 1 aliphatic rings. The van der Waals surface area contributed by atoms with Gasteiger partial charge in [0.25, 0.3) is 0 Å². The third-order valence-corrected chi connectivity index (χ3v) is 4.98. The third kappa shape index (κ3) is 6.12. The van der Waals surface area contributed by atoms with Crippen LogP contribution in [0.4, 0.5) is 0 Å². The van der Waals surface area contributed by atoms with Gasteiger partial charge in [-0.25, -0.2) is 0 Å². The van der Waals surface area contributed by atoms with Crippen LogP contribution >= 0.6 is 12.2 Å². The minimum absolute atomic E-state index is 0.131. The molecule has 0 spiro atoms. The van der Waals surface area contributed by atoms with E-state index in [9.17, 15) is 14.4 Å². The number of thiocarbonyl (C=S) groups is 1. The van der Waals surface area contributed by atoms with Crippen molar-refractivity contribution in [1.29, 1.82) is 0 Å². The number of hydrogen-bond acceptors (Lipinski definition) is 5. The lowest BCUT2D eigenvalue weighted by Gasteiger charge is -2.36. The summed E-state index contributed by atoms with van der Waals surface area (Å²) in [6.07, 6.45) is 0.0121. The second-order valence-corrected chi connectivity index (χ2v) is 7.25. The van der Waals surface area contributed by atoms with Crippen molar-refractivity contribution in [1.82, 2.24) is 15.5 Å². The number of benzene rings is 2. The van der Waals surface area contributed by atoms with E-state index in [4.69, 9.17) is 17.0 Å². The Labute approximate surface area is 180 Å². The van der Waals surface area contributed by atoms with E-state index in [1.165, 1.54) is 0 Å². The number of amides is 2. The van der Waals surface area contributed by atoms with Crippen molar-refractivity contribution in [3.05, 3.63) is 71.8 Å². The smallest absolute Gasteiger partial charge is 0.308 e. The standard InChI is InChI=1S/C22H23N3O4S/c26-19(13-16-7-3-1-4-8-16)24-22(30)25-12-11-23-21(28)18(25)14-20(27)29-15-17-9-5-2-6-10-17/h1-10,18H,11-15H2,(H,23,28)(H,24,26,30). The second-order valence-electron chi connectivity index (χ2n) is 6.87. The van der Waals surface area contributed by atoms with E-state index in [1.54, 1.807) is 4.90 Å². The van der Waals surface area contributed by atoms with Crippen LogP contribution < -0.4 is 10.6 Å². The molecule has 2 aromatic carbocycles. The fourth-order valence-electron chi connectivity index (χ4n) is 3.13. The van der Waals surface area contributed by atoms with Gasteiger partial charge < -0.3 is 20.3 Å². The summed E-state index contributed by atoms with van der Waals surface area (Å²) in [6.45, 7) is 0.905. The summed E-state index contributed by atoms with van der Waals surface area (Å²) >= 11 is 5.35. The molecule has 30 heavy (non-hydrogen) atoms. The molecule has 156 valence electrons. The lowest BCUT2D eigenvalue weighted by Crippen LogP contribution is -2.60. The monoisotopic (exact) mass is 425 g/mol. The molecule has 0 aliphatic carbocycles. The normalized spacial score (nSPS) is 15.8. The summed E-state index contributed by atoms with van der Waals surface area (Å²) in [7, 11) is 0. The number of esters is 1. The highest BCUT2D eigenvalue weighted by Crippen LogP contribution is 2.12. The van der Waals surface area contributed by atoms with E-state index < -0.39 is 12.0 Å². The van der Waals surface area contributed by atoms with Gasteiger partial charge in [0.1, 0.15) is 12.6 Å². The van der Waals surface area contributed by atoms with Gasteiger partial charge in [-0.05, 0) is 23.3 Å². The Morgan fingerprint density at radius 3 is 2.37 bits per heavy atom. The van der Waals surface area contributed by atoms with Crippen molar-refractivity contribution in [2.45, 2.75) is 25.5 Å². The maximum atomic E-state index is 12.4. The summed E-state index contributed by atoms with van der Waals surface area (Å²) in [4.78, 5) is 38.6. The summed E-state index contributed by atoms with van der Waals surface area (Å²) in [5.74, 6) is -1.11. The van der Waals surface area contributed by atoms with Crippen LogP contribution in [0.3, 0.4) is 0 Å². The van der Waals surface area contributed by atoms with Crippen molar-refractivity contribution in [3.8, 4) is 0 Å². The molecule has 0 bridgehead atoms. The molecule has 0 aromatic heterocycles. The number of rotatable bonds is 6. The van der Waals surface area contributed by atoms with Crippen LogP contribution in [-0.4, -0.2) is 46.9 Å². The Kier molecular flexibility index (Phi) is 7.51. The molecule has 1 fully saturated rings. The van der Waals surface area contributed by atoms with Crippen LogP contribution in [0.25, 0.3) is 0 Å². The first-order chi connectivity index (χ1) is 14.5. The zero-order valence-electron chi connectivity index (χ0n) is 16.4. The molecule has 1 heterocycles. The van der Waals surface area contributed by atoms with Crippen molar-refractivity contribution >= 4 is 35.1 Å². The van der Waals surface area contributed by atoms with Crippen LogP contribution in [0.1, 0.15) is 17.5 Å². The summed E-state index contributed by atoms with van der Waals surface area (Å²) in [5.41, 5.74) is 1.72. The van der Waals surface area contributed by atoms with E-state index >= 15 is 0 Å². The molecule has 1 saturated heterocycles. The number of ether oxygens (including phenoxy) is 1. The Morgan fingerprint density at radius 2 is 1.70 bits per heavy atom. The lowest BCUT2D eigenvalue weighted by molar-refractivity contribution is -0.148. The van der Waals surface area contributed by atoms with E-state index in [2.05, 4.69) is 10.6 Å². The largest absolute Gasteiger partial charge is 0.461 e. The van der Waals surface area contributed by atoms with Crippen molar-refractivity contribution in [2.75, 3.05) is 13.1 Å². The number of nitrogens with zero attached hydrogens (tertiary/aromatic N) is 1. The van der Waals surface area contributed by atoms with Gasteiger partial charge in [0, 0.05) is 13.1 Å². The van der Waals surface area contributed by atoms with Gasteiger partial charge in [-0.15, -0.1) is 0 Å². The van der Waals surface area contributed by atoms with E-state index in [-0.39, 0.29) is 36.4 Å².